The number of benzene rings is 1. The third-order valence-electron chi connectivity index (χ3n) is 2.74. The van der Waals surface area contributed by atoms with Crippen molar-refractivity contribution in [3.05, 3.63) is 28.8 Å². The molecule has 0 aliphatic carbocycles. The summed E-state index contributed by atoms with van der Waals surface area (Å²) in [5.41, 5.74) is 1.49. The van der Waals surface area contributed by atoms with Crippen LogP contribution in [0.3, 0.4) is 0 Å². The van der Waals surface area contributed by atoms with Gasteiger partial charge in [0.05, 0.1) is 10.6 Å². The van der Waals surface area contributed by atoms with Gasteiger partial charge in [-0.25, -0.2) is 0 Å². The first kappa shape index (κ1) is 13.9. The van der Waals surface area contributed by atoms with Crippen LogP contribution in [0.4, 0.5) is 5.69 Å². The van der Waals surface area contributed by atoms with E-state index in [4.69, 9.17) is 16.9 Å². The summed E-state index contributed by atoms with van der Waals surface area (Å²) in [6.07, 6.45) is 4.91. The van der Waals surface area contributed by atoms with Crippen LogP contribution in [0.1, 0.15) is 45.1 Å². The van der Waals surface area contributed by atoms with E-state index in [1.807, 2.05) is 6.07 Å². The number of nitrogens with one attached hydrogen (secondary N) is 1. The van der Waals surface area contributed by atoms with Crippen molar-refractivity contribution in [1.29, 1.82) is 5.26 Å². The molecule has 92 valence electrons. The van der Waals surface area contributed by atoms with Gasteiger partial charge in [-0.3, -0.25) is 0 Å². The predicted octanol–water partition coefficient (Wildman–Crippen LogP) is 4.59. The molecule has 0 spiro atoms. The molecule has 1 unspecified atom stereocenters. The normalized spacial score (nSPS) is 11.9. The molecule has 1 N–H and O–H groups in total. The number of halogens is 1. The molecule has 1 aromatic carbocycles. The third kappa shape index (κ3) is 4.66. The molecule has 1 rings (SSSR count). The largest absolute Gasteiger partial charge is 0.383 e. The molecule has 0 heterocycles. The van der Waals surface area contributed by atoms with Crippen LogP contribution in [0.15, 0.2) is 18.2 Å². The molecule has 1 atom stereocenters. The summed E-state index contributed by atoms with van der Waals surface area (Å²) in [4.78, 5) is 0. The molecule has 1 aromatic rings. The van der Waals surface area contributed by atoms with Crippen LogP contribution >= 0.6 is 11.6 Å². The Bertz CT molecular complexity index is 396. The standard InChI is InChI=1S/C14H19ClN2/c1-3-4-5-6-11(2)17-13-7-8-14(15)12(9-13)10-16/h7-9,11,17H,3-6H2,1-2H3. The van der Waals surface area contributed by atoms with Gasteiger partial charge in [-0.05, 0) is 31.5 Å². The van der Waals surface area contributed by atoms with Crippen molar-refractivity contribution in [3.8, 4) is 6.07 Å². The quantitative estimate of drug-likeness (QED) is 0.750. The molecule has 3 heteroatoms. The fourth-order valence-electron chi connectivity index (χ4n) is 1.76. The van der Waals surface area contributed by atoms with Crippen molar-refractivity contribution in [2.75, 3.05) is 5.32 Å². The summed E-state index contributed by atoms with van der Waals surface area (Å²) in [6, 6.07) is 8.00. The Morgan fingerprint density at radius 2 is 2.18 bits per heavy atom. The first-order valence-electron chi connectivity index (χ1n) is 6.13. The molecule has 0 saturated heterocycles. The van der Waals surface area contributed by atoms with Crippen molar-refractivity contribution < 1.29 is 0 Å². The van der Waals surface area contributed by atoms with Gasteiger partial charge in [-0.2, -0.15) is 5.26 Å². The lowest BCUT2D eigenvalue weighted by Crippen LogP contribution is -2.14. The second-order valence-corrected chi connectivity index (χ2v) is 4.75. The van der Waals surface area contributed by atoms with Crippen molar-refractivity contribution in [2.24, 2.45) is 0 Å². The van der Waals surface area contributed by atoms with Gasteiger partial charge in [0.1, 0.15) is 6.07 Å². The lowest BCUT2D eigenvalue weighted by molar-refractivity contribution is 0.615. The van der Waals surface area contributed by atoms with Crippen LogP contribution in [-0.4, -0.2) is 6.04 Å². The predicted molar refractivity (Wildman–Crippen MR) is 73.4 cm³/mol. The number of unbranched alkanes of at least 4 members (excludes halogenated alkanes) is 2. The maximum absolute atomic E-state index is 8.89. The summed E-state index contributed by atoms with van der Waals surface area (Å²) >= 11 is 5.89. The first-order chi connectivity index (χ1) is 8.17. The van der Waals surface area contributed by atoms with Crippen molar-refractivity contribution in [3.63, 3.8) is 0 Å². The molecule has 17 heavy (non-hydrogen) atoms. The van der Waals surface area contributed by atoms with Crippen molar-refractivity contribution in [1.82, 2.24) is 0 Å². The minimum absolute atomic E-state index is 0.425. The van der Waals surface area contributed by atoms with E-state index in [1.54, 1.807) is 12.1 Å². The number of hydrogen-bond donors (Lipinski definition) is 1. The zero-order valence-corrected chi connectivity index (χ0v) is 11.2. The summed E-state index contributed by atoms with van der Waals surface area (Å²) < 4.78 is 0. The van der Waals surface area contributed by atoms with E-state index in [9.17, 15) is 0 Å². The zero-order chi connectivity index (χ0) is 12.7. The average Bonchev–Trinajstić information content (AvgIpc) is 2.32. The van der Waals surface area contributed by atoms with Crippen molar-refractivity contribution in [2.45, 2.75) is 45.6 Å². The Labute approximate surface area is 109 Å². The van der Waals surface area contributed by atoms with Crippen LogP contribution in [0.5, 0.6) is 0 Å². The molecule has 0 amide bonds. The molecule has 0 aromatic heterocycles. The zero-order valence-electron chi connectivity index (χ0n) is 10.5. The maximum atomic E-state index is 8.89. The van der Waals surface area contributed by atoms with Gasteiger partial charge in [0, 0.05) is 11.7 Å². The van der Waals surface area contributed by atoms with Crippen LogP contribution in [0.25, 0.3) is 0 Å². The van der Waals surface area contributed by atoms with E-state index in [2.05, 4.69) is 25.2 Å². The number of nitriles is 1. The molecule has 0 bridgehead atoms. The van der Waals surface area contributed by atoms with E-state index in [-0.39, 0.29) is 0 Å². The molecular formula is C14H19ClN2. The van der Waals surface area contributed by atoms with E-state index in [1.165, 1.54) is 19.3 Å². The third-order valence-corrected chi connectivity index (χ3v) is 3.07. The van der Waals surface area contributed by atoms with E-state index in [0.717, 1.165) is 12.1 Å². The fraction of sp³-hybridized carbons (Fsp3) is 0.500. The fourth-order valence-corrected chi connectivity index (χ4v) is 1.92. The van der Waals surface area contributed by atoms with E-state index < -0.39 is 0 Å². The monoisotopic (exact) mass is 250 g/mol. The van der Waals surface area contributed by atoms with Crippen molar-refractivity contribution >= 4 is 17.3 Å². The molecule has 0 fully saturated rings. The minimum Gasteiger partial charge on any atom is -0.383 e. The summed E-state index contributed by atoms with van der Waals surface area (Å²) in [7, 11) is 0. The van der Waals surface area contributed by atoms with E-state index in [0.29, 0.717) is 16.6 Å². The second-order valence-electron chi connectivity index (χ2n) is 4.35. The highest BCUT2D eigenvalue weighted by molar-refractivity contribution is 6.31. The second kappa shape index (κ2) is 7.19. The van der Waals surface area contributed by atoms with Gasteiger partial charge >= 0.3 is 0 Å². The molecule has 0 radical (unpaired) electrons. The molecule has 0 aliphatic rings. The smallest absolute Gasteiger partial charge is 0.101 e. The highest BCUT2D eigenvalue weighted by Gasteiger charge is 2.04. The molecule has 0 saturated carbocycles. The molecular weight excluding hydrogens is 232 g/mol. The highest BCUT2D eigenvalue weighted by atomic mass is 35.5. The van der Waals surface area contributed by atoms with E-state index >= 15 is 0 Å². The van der Waals surface area contributed by atoms with Gasteiger partial charge in [0.15, 0.2) is 0 Å². The molecule has 2 nitrogen and oxygen atoms in total. The summed E-state index contributed by atoms with van der Waals surface area (Å²) in [5, 5.41) is 12.8. The van der Waals surface area contributed by atoms with Gasteiger partial charge in [-0.1, -0.05) is 37.8 Å². The number of nitrogens with zero attached hydrogens (tertiary/aromatic N) is 1. The minimum atomic E-state index is 0.425. The Balaban J connectivity index is 2.54. The highest BCUT2D eigenvalue weighted by Crippen LogP contribution is 2.20. The van der Waals surface area contributed by atoms with Crippen LogP contribution in [0, 0.1) is 11.3 Å². The van der Waals surface area contributed by atoms with Gasteiger partial charge in [0.25, 0.3) is 0 Å². The van der Waals surface area contributed by atoms with Crippen LogP contribution < -0.4 is 5.32 Å². The average molecular weight is 251 g/mol. The van der Waals surface area contributed by atoms with Gasteiger partial charge < -0.3 is 5.32 Å². The Morgan fingerprint density at radius 1 is 1.41 bits per heavy atom. The van der Waals surface area contributed by atoms with Crippen LogP contribution in [-0.2, 0) is 0 Å². The van der Waals surface area contributed by atoms with Gasteiger partial charge in [-0.15, -0.1) is 0 Å². The molecule has 0 aliphatic heterocycles. The Hall–Kier alpha value is -1.20. The topological polar surface area (TPSA) is 35.8 Å². The Kier molecular flexibility index (Phi) is 5.86. The van der Waals surface area contributed by atoms with Gasteiger partial charge in [0.2, 0.25) is 0 Å². The number of anilines is 1. The maximum Gasteiger partial charge on any atom is 0.101 e. The Morgan fingerprint density at radius 3 is 2.82 bits per heavy atom. The SMILES string of the molecule is CCCCCC(C)Nc1ccc(Cl)c(C#N)c1. The lowest BCUT2D eigenvalue weighted by Gasteiger charge is -2.15. The number of rotatable bonds is 6. The first-order valence-corrected chi connectivity index (χ1v) is 6.51. The number of hydrogen-bond acceptors (Lipinski definition) is 2. The lowest BCUT2D eigenvalue weighted by atomic mass is 10.1. The van der Waals surface area contributed by atoms with Crippen LogP contribution in [0.2, 0.25) is 5.02 Å². The summed E-state index contributed by atoms with van der Waals surface area (Å²) in [6.45, 7) is 4.37. The summed E-state index contributed by atoms with van der Waals surface area (Å²) in [5.74, 6) is 0.